The highest BCUT2D eigenvalue weighted by atomic mass is 32.3. The molecule has 0 rings (SSSR count). The fourth-order valence-electron chi connectivity index (χ4n) is 2.40. The van der Waals surface area contributed by atoms with E-state index in [1.165, 1.54) is 31.6 Å². The highest BCUT2D eigenvalue weighted by molar-refractivity contribution is 7.86. The van der Waals surface area contributed by atoms with Crippen molar-refractivity contribution in [2.45, 2.75) is 129 Å². The molecule has 0 fully saturated rings. The predicted molar refractivity (Wildman–Crippen MR) is 219 cm³/mol. The third-order valence-electron chi connectivity index (χ3n) is 5.09. The van der Waals surface area contributed by atoms with Crippen molar-refractivity contribution in [3.8, 4) is 12.4 Å². The Balaban J connectivity index is -0.0000000989. The lowest BCUT2D eigenvalue weighted by Gasteiger charge is -2.00. The maximum Gasteiger partial charge on any atom is 0.522 e. The number of hydrogen-bond acceptors (Lipinski definition) is 19. The summed E-state index contributed by atoms with van der Waals surface area (Å²) < 4.78 is 240. The highest BCUT2D eigenvalue weighted by Gasteiger charge is 2.44. The van der Waals surface area contributed by atoms with Crippen molar-refractivity contribution >= 4 is 67.5 Å². The lowest BCUT2D eigenvalue weighted by Crippen LogP contribution is -2.21. The van der Waals surface area contributed by atoms with Crippen LogP contribution >= 0.6 is 0 Å². The largest absolute Gasteiger partial charge is 0.522 e. The van der Waals surface area contributed by atoms with Crippen LogP contribution in [0, 0.1) is 22.9 Å². The Kier molecular flexibility index (Phi) is 54.3. The molecule has 0 aliphatic rings. The summed E-state index contributed by atoms with van der Waals surface area (Å²) in [4.78, 5) is 8.90. The van der Waals surface area contributed by atoms with E-state index in [0.717, 1.165) is 44.9 Å². The van der Waals surface area contributed by atoms with Gasteiger partial charge in [-0.25, -0.2) is 22.7 Å². The number of nitrogens with one attached hydrogen (secondary N) is 1. The number of carboxylic acids is 1. The number of aliphatic carboxylic acids is 1. The summed E-state index contributed by atoms with van der Waals surface area (Å²) >= 11 is 0. The predicted octanol–water partition coefficient (Wildman–Crippen LogP) is 4.90. The molecule has 402 valence electrons. The van der Waals surface area contributed by atoms with Crippen molar-refractivity contribution in [1.82, 2.24) is 5.32 Å². The summed E-state index contributed by atoms with van der Waals surface area (Å²) in [6.45, 7) is 8.20. The SMILES string of the molecule is CCCCCCCCOS(=O)(=O)O.CCCCCCOS(=O)(=O)O.CCCCOS(=O)(=O)O.CCCCS(=O)(=O)O.CS(=O)(=O)O.N#CNC#N.O=C(O)C(F)(F)F.O=S(=O)(O)C(F)(F)F. The van der Waals surface area contributed by atoms with Crippen molar-refractivity contribution in [1.29, 1.82) is 10.5 Å². The first-order valence-electron chi connectivity index (χ1n) is 17.9. The van der Waals surface area contributed by atoms with Crippen LogP contribution in [-0.4, -0.2) is 132 Å². The Hall–Kier alpha value is -2.83. The van der Waals surface area contributed by atoms with Crippen LogP contribution in [-0.2, 0) is 78.9 Å². The first-order chi connectivity index (χ1) is 29.4. The maximum absolute atomic E-state index is 10.7. The Morgan fingerprint density at radius 2 is 0.742 bits per heavy atom. The van der Waals surface area contributed by atoms with Crippen LogP contribution < -0.4 is 5.32 Å². The van der Waals surface area contributed by atoms with E-state index in [1.807, 2.05) is 13.8 Å². The molecule has 0 atom stereocenters. The molecule has 0 saturated carbocycles. The van der Waals surface area contributed by atoms with E-state index in [4.69, 9.17) is 56.2 Å². The van der Waals surface area contributed by atoms with Gasteiger partial charge in [0, 0.05) is 0 Å². The van der Waals surface area contributed by atoms with Crippen molar-refractivity contribution in [2.75, 3.05) is 31.8 Å². The number of rotatable bonds is 21. The van der Waals surface area contributed by atoms with Crippen LogP contribution in [0.2, 0.25) is 0 Å². The molecule has 66 heavy (non-hydrogen) atoms. The monoisotopic (exact) mass is 1110 g/mol. The van der Waals surface area contributed by atoms with Crippen LogP contribution in [0.3, 0.4) is 0 Å². The molecule has 0 aliphatic carbocycles. The van der Waals surface area contributed by atoms with Gasteiger partial charge in [0.1, 0.15) is 0 Å². The summed E-state index contributed by atoms with van der Waals surface area (Å²) in [5.41, 5.74) is -5.53. The summed E-state index contributed by atoms with van der Waals surface area (Å²) in [7, 11) is -25.8. The van der Waals surface area contributed by atoms with Gasteiger partial charge in [-0.15, -0.1) is 0 Å². The maximum atomic E-state index is 10.7. The van der Waals surface area contributed by atoms with Gasteiger partial charge >= 0.3 is 59.0 Å². The number of unbranched alkanes of at least 4 members (excludes halogenated alkanes) is 10. The Bertz CT molecular complexity index is 1940. The second-order valence-electron chi connectivity index (χ2n) is 11.4. The number of nitrogens with zero attached hydrogens (tertiary/aromatic N) is 2. The van der Waals surface area contributed by atoms with E-state index < -0.39 is 79.2 Å². The van der Waals surface area contributed by atoms with Crippen molar-refractivity contribution in [3.63, 3.8) is 0 Å². The van der Waals surface area contributed by atoms with Gasteiger partial charge in [0.2, 0.25) is 0 Å². The van der Waals surface area contributed by atoms with Crippen LogP contribution in [0.1, 0.15) is 118 Å². The molecule has 0 aromatic heterocycles. The van der Waals surface area contributed by atoms with Gasteiger partial charge in [-0.1, -0.05) is 91.9 Å². The Morgan fingerprint density at radius 3 is 0.909 bits per heavy atom. The molecule has 26 nitrogen and oxygen atoms in total. The zero-order valence-corrected chi connectivity index (χ0v) is 40.9. The molecule has 0 unspecified atom stereocenters. The summed E-state index contributed by atoms with van der Waals surface area (Å²) in [6, 6.07) is 0. The Labute approximate surface area is 382 Å². The smallest absolute Gasteiger partial charge is 0.475 e. The highest BCUT2D eigenvalue weighted by Crippen LogP contribution is 2.20. The van der Waals surface area contributed by atoms with Crippen molar-refractivity contribution < 1.29 is 127 Å². The average Bonchev–Trinajstić information content (AvgIpc) is 3.09. The Morgan fingerprint density at radius 1 is 0.515 bits per heavy atom. The van der Waals surface area contributed by atoms with Crippen LogP contribution in [0.5, 0.6) is 0 Å². The second kappa shape index (κ2) is 44.7. The van der Waals surface area contributed by atoms with Gasteiger partial charge in [0.05, 0.1) is 31.8 Å². The minimum absolute atomic E-state index is 0.0648. The number of alkyl halides is 6. The summed E-state index contributed by atoms with van der Waals surface area (Å²) in [5.74, 6) is -2.86. The number of carbonyl (C=O) groups is 1. The minimum atomic E-state index is -5.84. The van der Waals surface area contributed by atoms with Crippen LogP contribution in [0.4, 0.5) is 26.3 Å². The molecule has 0 spiro atoms. The van der Waals surface area contributed by atoms with Crippen molar-refractivity contribution in [2.24, 2.45) is 0 Å². The molecule has 0 radical (unpaired) electrons. The van der Waals surface area contributed by atoms with Gasteiger partial charge in [-0.3, -0.25) is 27.3 Å². The molecule has 0 amide bonds. The van der Waals surface area contributed by atoms with Crippen LogP contribution in [0.15, 0.2) is 0 Å². The molecule has 0 bridgehead atoms. The summed E-state index contributed by atoms with van der Waals surface area (Å²) in [6.07, 6.45) is 11.4. The van der Waals surface area contributed by atoms with Gasteiger partial charge < -0.3 is 5.11 Å². The fourth-order valence-corrected chi connectivity index (χ4v) is 4.04. The number of halogens is 6. The van der Waals surface area contributed by atoms with Gasteiger partial charge in [0.15, 0.2) is 12.4 Å². The van der Waals surface area contributed by atoms with Gasteiger partial charge in [-0.2, -0.15) is 87.4 Å². The fraction of sp³-hybridized carbons (Fsp3) is 0.893. The molecule has 0 heterocycles. The van der Waals surface area contributed by atoms with Crippen LogP contribution in [0.25, 0.3) is 0 Å². The first kappa shape index (κ1) is 80.2. The topological polar surface area (TPSA) is 451 Å². The lowest BCUT2D eigenvalue weighted by molar-refractivity contribution is -0.192. The zero-order valence-electron chi connectivity index (χ0n) is 36.0. The third kappa shape index (κ3) is 119. The standard InChI is InChI=1S/C8H18O4S.C6H14O4S.C4H10O4S.C4H10O3S.C2HF3O2.C2HN3.CHF3O3S.CH4O3S/c1-2-3-4-5-6-7-8-12-13(9,10)11;1-2-3-4-5-6-10-11(7,8)9;1-2-3-4-8-9(5,6)7;1-2-3-4-8(5,6)7;3-2(4,5)1(6)7;3-1-5-2-4;2-1(3,4)8(5,6)7;1-5(2,3)4/h2-8H2,1H3,(H,9,10,11);2-6H2,1H3,(H,7,8,9);2-4H2,1H3,(H,5,6,7);2-4H2,1H3,(H,5,6,7);(H,6,7);5H;(H,5,6,7);1H3,(H,2,3,4). The van der Waals surface area contributed by atoms with E-state index in [1.54, 1.807) is 5.32 Å². The lowest BCUT2D eigenvalue weighted by atomic mass is 10.1. The normalized spacial score (nSPS) is 11.4. The van der Waals surface area contributed by atoms with Crippen molar-refractivity contribution in [3.05, 3.63) is 0 Å². The van der Waals surface area contributed by atoms with E-state index in [-0.39, 0.29) is 25.6 Å². The number of carboxylic acid groups (broad SMARTS) is 1. The average molecular weight is 1110 g/mol. The zero-order chi connectivity index (χ0) is 54.5. The molecule has 0 aromatic carbocycles. The third-order valence-corrected chi connectivity index (χ3v) is 7.88. The number of hydrogen-bond donors (Lipinski definition) is 8. The second-order valence-corrected chi connectivity index (χ2v) is 19.1. The minimum Gasteiger partial charge on any atom is -0.475 e. The number of nitriles is 2. The summed E-state index contributed by atoms with van der Waals surface area (Å²) in [5, 5.41) is 23.8. The quantitative estimate of drug-likeness (QED) is 0.0189. The van der Waals surface area contributed by atoms with E-state index in [9.17, 15) is 68.4 Å². The molecule has 0 saturated heterocycles. The molecule has 0 aromatic rings. The molecule has 38 heteroatoms. The van der Waals surface area contributed by atoms with E-state index >= 15 is 0 Å². The van der Waals surface area contributed by atoms with Gasteiger partial charge in [-0.05, 0) is 25.7 Å². The molecule has 8 N–H and O–H groups in total. The van der Waals surface area contributed by atoms with Gasteiger partial charge in [0.25, 0.3) is 20.2 Å². The molecule has 0 aliphatic heterocycles. The first-order valence-corrected chi connectivity index (χ1v) is 26.9. The molecular weight excluding hydrogens is 1050 g/mol. The molecular formula is C28H59F6N3O23S6. The van der Waals surface area contributed by atoms with E-state index in [0.29, 0.717) is 31.9 Å². The van der Waals surface area contributed by atoms with E-state index in [2.05, 4.69) is 26.4 Å².